The van der Waals surface area contributed by atoms with Crippen LogP contribution in [0.15, 0.2) is 18.2 Å². The van der Waals surface area contributed by atoms with Crippen LogP contribution in [0, 0.1) is 23.2 Å². The van der Waals surface area contributed by atoms with Gasteiger partial charge in [-0.05, 0) is 50.2 Å². The number of carbonyl (C=O) groups excluding carboxylic acids is 3. The molecule has 9 nitrogen and oxygen atoms in total. The Morgan fingerprint density at radius 3 is 2.53 bits per heavy atom. The molecule has 0 unspecified atom stereocenters. The lowest BCUT2D eigenvalue weighted by Crippen LogP contribution is -2.47. The summed E-state index contributed by atoms with van der Waals surface area (Å²) in [5.41, 5.74) is 0.194. The van der Waals surface area contributed by atoms with Crippen LogP contribution in [0.1, 0.15) is 78.3 Å². The Morgan fingerprint density at radius 2 is 1.87 bits per heavy atom. The molecule has 1 aliphatic carbocycles. The Labute approximate surface area is 261 Å². The number of hydrogen-bond donors (Lipinski definition) is 0. The van der Waals surface area contributed by atoms with Gasteiger partial charge in [0.05, 0.1) is 49.5 Å². The maximum absolute atomic E-state index is 14.1. The Balaban J connectivity index is 1.56. The van der Waals surface area contributed by atoms with Crippen molar-refractivity contribution in [1.29, 1.82) is 0 Å². The van der Waals surface area contributed by atoms with E-state index in [2.05, 4.69) is 4.98 Å². The van der Waals surface area contributed by atoms with Gasteiger partial charge < -0.3 is 23.9 Å². The van der Waals surface area contributed by atoms with E-state index in [1.165, 1.54) is 7.11 Å². The number of methoxy groups -OCH3 is 1. The summed E-state index contributed by atoms with van der Waals surface area (Å²) in [6.45, 7) is 6.99. The Morgan fingerprint density at radius 1 is 1.11 bits per heavy atom. The number of carbonyl (C=O) groups is 3. The average molecular weight is 634 g/mol. The molecule has 12 heteroatoms. The highest BCUT2D eigenvalue weighted by molar-refractivity contribution is 5.87. The van der Waals surface area contributed by atoms with E-state index in [1.807, 2.05) is 6.92 Å². The number of hydrogen-bond acceptors (Lipinski definition) is 8. The second kappa shape index (κ2) is 12.4. The van der Waals surface area contributed by atoms with Crippen molar-refractivity contribution in [1.82, 2.24) is 14.9 Å². The van der Waals surface area contributed by atoms with Gasteiger partial charge in [0.2, 0.25) is 11.8 Å². The molecule has 1 aromatic heterocycles. The maximum Gasteiger partial charge on any atom is 0.389 e. The number of amides is 1. The second-order valence-corrected chi connectivity index (χ2v) is 14.0. The fraction of sp³-hybridized carbons (Fsp3) is 0.667. The lowest BCUT2D eigenvalue weighted by Gasteiger charge is -2.34. The van der Waals surface area contributed by atoms with E-state index in [1.54, 1.807) is 39.0 Å². The first-order valence-electron chi connectivity index (χ1n) is 15.7. The van der Waals surface area contributed by atoms with Crippen LogP contribution < -0.4 is 9.47 Å². The van der Waals surface area contributed by atoms with Crippen molar-refractivity contribution < 1.29 is 41.8 Å². The number of benzene rings is 1. The van der Waals surface area contributed by atoms with Crippen LogP contribution in [0.5, 0.6) is 11.6 Å². The summed E-state index contributed by atoms with van der Waals surface area (Å²) in [6, 6.07) is 3.78. The van der Waals surface area contributed by atoms with Gasteiger partial charge in [-0.15, -0.1) is 0 Å². The molecule has 6 atom stereocenters. The third kappa shape index (κ3) is 7.35. The quantitative estimate of drug-likeness (QED) is 0.306. The Kier molecular flexibility index (Phi) is 9.07. The van der Waals surface area contributed by atoms with E-state index in [0.29, 0.717) is 35.2 Å². The van der Waals surface area contributed by atoms with Crippen LogP contribution in [0.2, 0.25) is 0 Å². The Bertz CT molecular complexity index is 1440. The minimum Gasteiger partial charge on any atom is -0.497 e. The van der Waals surface area contributed by atoms with Gasteiger partial charge in [-0.25, -0.2) is 9.97 Å². The predicted octanol–water partition coefficient (Wildman–Crippen LogP) is 5.85. The molecule has 5 rings (SSSR count). The van der Waals surface area contributed by atoms with Gasteiger partial charge in [-0.1, -0.05) is 33.6 Å². The fourth-order valence-corrected chi connectivity index (χ4v) is 6.79. The zero-order valence-corrected chi connectivity index (χ0v) is 26.5. The van der Waals surface area contributed by atoms with Gasteiger partial charge in [0.25, 0.3) is 0 Å². The van der Waals surface area contributed by atoms with E-state index in [9.17, 15) is 27.6 Å². The zero-order chi connectivity index (χ0) is 32.7. The molecular weight excluding hydrogens is 591 g/mol. The summed E-state index contributed by atoms with van der Waals surface area (Å²) in [7, 11) is 1.51. The number of aryl methyl sites for hydroxylation is 1. The molecule has 2 fully saturated rings. The Hall–Kier alpha value is -3.44. The van der Waals surface area contributed by atoms with Crippen LogP contribution >= 0.6 is 0 Å². The number of aldehydes is 1. The number of rotatable bonds is 3. The van der Waals surface area contributed by atoms with Gasteiger partial charge in [0.15, 0.2) is 0 Å². The molecule has 1 aromatic carbocycles. The largest absolute Gasteiger partial charge is 0.497 e. The molecule has 2 aromatic rings. The summed E-state index contributed by atoms with van der Waals surface area (Å²) >= 11 is 0. The third-order valence-corrected chi connectivity index (χ3v) is 9.59. The number of halogens is 3. The molecule has 45 heavy (non-hydrogen) atoms. The second-order valence-electron chi connectivity index (χ2n) is 14.0. The van der Waals surface area contributed by atoms with Crippen molar-refractivity contribution in [2.75, 3.05) is 13.7 Å². The number of nitrogens with zero attached hydrogens (tertiary/aromatic N) is 3. The predicted molar refractivity (Wildman–Crippen MR) is 159 cm³/mol. The van der Waals surface area contributed by atoms with Crippen molar-refractivity contribution in [2.45, 2.75) is 103 Å². The standard InChI is InChI=1S/C33H42F3N3O6/c1-31(2,3)22-14-28(41)45-32(4)15-19(32)9-7-6-8-10-24-29(38-25-13-20(43-5)11-12-23(25)37-24)44-27-17-39(30(22)42)26(18-40)21(27)16-33(34,35)36/h11-13,18-19,21-22,26-27H,6-10,14-17H2,1-5H3/t19-,21+,22-,26-,27+,32-/m1/s1. The molecule has 246 valence electrons. The summed E-state index contributed by atoms with van der Waals surface area (Å²) in [5, 5.41) is 0. The zero-order valence-electron chi connectivity index (χ0n) is 26.5. The van der Waals surface area contributed by atoms with E-state index < -0.39 is 59.5 Å². The SMILES string of the molecule is COc1ccc2nc3c(nc2c1)O[C@H]1CN(C(=O)[C@H](C(C)(C)C)CC(=O)O[C@]2(C)C[C@H]2CCCCC3)[C@H](C=O)[C@@H]1CC(F)(F)F. The lowest BCUT2D eigenvalue weighted by atomic mass is 9.77. The van der Waals surface area contributed by atoms with Crippen LogP contribution in [0.25, 0.3) is 11.0 Å². The van der Waals surface area contributed by atoms with E-state index in [-0.39, 0.29) is 24.8 Å². The van der Waals surface area contributed by atoms with E-state index >= 15 is 0 Å². The van der Waals surface area contributed by atoms with Gasteiger partial charge in [-0.3, -0.25) is 9.59 Å². The molecule has 3 aliphatic rings. The van der Waals surface area contributed by atoms with E-state index in [4.69, 9.17) is 19.2 Å². The average Bonchev–Trinajstić information content (AvgIpc) is 3.46. The smallest absolute Gasteiger partial charge is 0.389 e. The van der Waals surface area contributed by atoms with Crippen molar-refractivity contribution in [3.05, 3.63) is 23.9 Å². The van der Waals surface area contributed by atoms with E-state index in [0.717, 1.165) is 37.0 Å². The highest BCUT2D eigenvalue weighted by Gasteiger charge is 2.55. The summed E-state index contributed by atoms with van der Waals surface area (Å²) < 4.78 is 59.3. The molecule has 1 amide bonds. The number of alkyl halides is 3. The molecule has 3 heterocycles. The van der Waals surface area contributed by atoms with Gasteiger partial charge in [0.1, 0.15) is 29.4 Å². The molecule has 0 N–H and O–H groups in total. The molecule has 0 radical (unpaired) electrons. The first kappa shape index (κ1) is 32.9. The molecule has 1 saturated carbocycles. The van der Waals surface area contributed by atoms with Crippen LogP contribution in [0.3, 0.4) is 0 Å². The van der Waals surface area contributed by atoms with Gasteiger partial charge in [-0.2, -0.15) is 13.2 Å². The number of esters is 1. The first-order valence-corrected chi connectivity index (χ1v) is 15.7. The molecular formula is C33H42F3N3O6. The monoisotopic (exact) mass is 633 g/mol. The first-order chi connectivity index (χ1) is 21.1. The molecule has 2 bridgehead atoms. The van der Waals surface area contributed by atoms with Gasteiger partial charge in [0, 0.05) is 17.9 Å². The molecule has 2 aliphatic heterocycles. The topological polar surface area (TPSA) is 108 Å². The van der Waals surface area contributed by atoms with Crippen molar-refractivity contribution >= 4 is 29.2 Å². The highest BCUT2D eigenvalue weighted by Crippen LogP contribution is 2.50. The van der Waals surface area contributed by atoms with Crippen molar-refractivity contribution in [2.24, 2.45) is 23.2 Å². The third-order valence-electron chi connectivity index (χ3n) is 9.59. The summed E-state index contributed by atoms with van der Waals surface area (Å²) in [4.78, 5) is 50.3. The maximum atomic E-state index is 14.1. The molecule has 0 spiro atoms. The minimum absolute atomic E-state index is 0.0821. The van der Waals surface area contributed by atoms with Crippen LogP contribution in [-0.2, 0) is 25.5 Å². The lowest BCUT2D eigenvalue weighted by molar-refractivity contribution is -0.159. The normalized spacial score (nSPS) is 30.0. The summed E-state index contributed by atoms with van der Waals surface area (Å²) in [6.07, 6.45) is -2.42. The van der Waals surface area contributed by atoms with Crippen molar-refractivity contribution in [3.63, 3.8) is 0 Å². The van der Waals surface area contributed by atoms with Gasteiger partial charge >= 0.3 is 12.1 Å². The number of aromatic nitrogens is 2. The van der Waals surface area contributed by atoms with Crippen LogP contribution in [0.4, 0.5) is 13.2 Å². The summed E-state index contributed by atoms with van der Waals surface area (Å²) in [5.74, 6) is -2.59. The number of ether oxygens (including phenoxy) is 3. The number of fused-ring (bicyclic) bond motifs is 5. The highest BCUT2D eigenvalue weighted by atomic mass is 19.4. The minimum atomic E-state index is -4.63. The van der Waals surface area contributed by atoms with Crippen molar-refractivity contribution in [3.8, 4) is 11.6 Å². The fourth-order valence-electron chi connectivity index (χ4n) is 6.79. The van der Waals surface area contributed by atoms with Crippen LogP contribution in [-0.4, -0.2) is 70.6 Å². The molecule has 1 saturated heterocycles.